The maximum Gasteiger partial charge on any atom is 0.262 e. The molecule has 0 unspecified atom stereocenters. The molecule has 11 heteroatoms. The van der Waals surface area contributed by atoms with E-state index in [0.29, 0.717) is 11.4 Å². The van der Waals surface area contributed by atoms with Gasteiger partial charge in [-0.25, -0.2) is 16.8 Å². The number of carbonyl (C=O) groups excluding carboxylic acids is 1. The largest absolute Gasteiger partial charge is 0.507 e. The Kier molecular flexibility index (Phi) is 6.37. The van der Waals surface area contributed by atoms with Crippen molar-refractivity contribution in [3.63, 3.8) is 0 Å². The molecule has 0 aliphatic rings. The highest BCUT2D eigenvalue weighted by atomic mass is 32.2. The fourth-order valence-corrected chi connectivity index (χ4v) is 5.71. The number of hydrogen-bond acceptors (Lipinski definition) is 6. The summed E-state index contributed by atoms with van der Waals surface area (Å²) in [6.45, 7) is 1.23. The second-order valence-electron chi connectivity index (χ2n) is 7.64. The minimum absolute atomic E-state index is 0.0147. The first-order valence-electron chi connectivity index (χ1n) is 10.3. The molecule has 4 aromatic carbocycles. The highest BCUT2D eigenvalue weighted by Crippen LogP contribution is 2.37. The number of rotatable bonds is 7. The minimum Gasteiger partial charge on any atom is -0.507 e. The maximum absolute atomic E-state index is 13.1. The molecule has 0 aliphatic carbocycles. The molecule has 0 heterocycles. The smallest absolute Gasteiger partial charge is 0.262 e. The summed E-state index contributed by atoms with van der Waals surface area (Å²) in [4.78, 5) is 11.3. The number of aromatic hydroxyl groups is 1. The molecule has 4 aromatic rings. The molecule has 35 heavy (non-hydrogen) atoms. The Morgan fingerprint density at radius 2 is 1.17 bits per heavy atom. The molecule has 180 valence electrons. The van der Waals surface area contributed by atoms with Crippen LogP contribution in [0.25, 0.3) is 10.8 Å². The molecule has 0 bridgehead atoms. The van der Waals surface area contributed by atoms with E-state index < -0.39 is 31.7 Å². The summed E-state index contributed by atoms with van der Waals surface area (Å²) < 4.78 is 56.9. The van der Waals surface area contributed by atoms with Crippen molar-refractivity contribution in [2.75, 3.05) is 14.8 Å². The van der Waals surface area contributed by atoms with Crippen molar-refractivity contribution in [1.82, 2.24) is 0 Å². The van der Waals surface area contributed by atoms with Crippen LogP contribution in [0.1, 0.15) is 6.92 Å². The van der Waals surface area contributed by atoms with Crippen molar-refractivity contribution in [2.45, 2.75) is 16.7 Å². The van der Waals surface area contributed by atoms with Gasteiger partial charge in [0.2, 0.25) is 5.91 Å². The predicted octanol–water partition coefficient (Wildman–Crippen LogP) is 4.11. The number of phenols is 1. The van der Waals surface area contributed by atoms with Crippen molar-refractivity contribution in [3.05, 3.63) is 84.9 Å². The van der Waals surface area contributed by atoms with Gasteiger partial charge in [0.25, 0.3) is 20.0 Å². The van der Waals surface area contributed by atoms with Gasteiger partial charge in [-0.1, -0.05) is 36.4 Å². The van der Waals surface area contributed by atoms with Crippen molar-refractivity contribution in [1.29, 1.82) is 0 Å². The van der Waals surface area contributed by atoms with Gasteiger partial charge in [0.05, 0.1) is 15.5 Å². The van der Waals surface area contributed by atoms with E-state index in [0.717, 1.165) is 6.07 Å². The molecule has 0 spiro atoms. The molecule has 0 radical (unpaired) electrons. The van der Waals surface area contributed by atoms with Crippen molar-refractivity contribution in [3.8, 4) is 5.75 Å². The van der Waals surface area contributed by atoms with Crippen LogP contribution in [0.3, 0.4) is 0 Å². The van der Waals surface area contributed by atoms with Gasteiger partial charge in [0.1, 0.15) is 5.75 Å². The molecule has 1 amide bonds. The number of phenolic OH excluding ortho intramolecular Hbond substituents is 1. The molecule has 0 aliphatic heterocycles. The van der Waals surface area contributed by atoms with E-state index in [1.807, 2.05) is 0 Å². The van der Waals surface area contributed by atoms with Crippen molar-refractivity contribution < 1.29 is 26.7 Å². The Balaban J connectivity index is 1.86. The Hall–Kier alpha value is -4.09. The highest BCUT2D eigenvalue weighted by Gasteiger charge is 2.22. The van der Waals surface area contributed by atoms with Crippen LogP contribution in [0.2, 0.25) is 0 Å². The average Bonchev–Trinajstić information content (AvgIpc) is 2.79. The summed E-state index contributed by atoms with van der Waals surface area (Å²) in [6.07, 6.45) is 0. The number of fused-ring (bicyclic) bond motifs is 1. The first kappa shape index (κ1) is 24.0. The lowest BCUT2D eigenvalue weighted by atomic mass is 10.1. The first-order chi connectivity index (χ1) is 16.5. The topological polar surface area (TPSA) is 142 Å². The second-order valence-corrected chi connectivity index (χ2v) is 11.0. The van der Waals surface area contributed by atoms with Crippen LogP contribution in [0.15, 0.2) is 94.7 Å². The Bertz CT molecular complexity index is 1620. The van der Waals surface area contributed by atoms with Crippen LogP contribution < -0.4 is 14.8 Å². The quantitative estimate of drug-likeness (QED) is 0.294. The van der Waals surface area contributed by atoms with Gasteiger partial charge >= 0.3 is 0 Å². The zero-order valence-electron chi connectivity index (χ0n) is 18.4. The number of para-hydroxylation sites is 2. The Morgan fingerprint density at radius 1 is 0.714 bits per heavy atom. The van der Waals surface area contributed by atoms with Gasteiger partial charge in [-0.2, -0.15) is 0 Å². The lowest BCUT2D eigenvalue weighted by Gasteiger charge is -2.15. The zero-order valence-corrected chi connectivity index (χ0v) is 20.0. The molecule has 4 N–H and O–H groups in total. The highest BCUT2D eigenvalue weighted by molar-refractivity contribution is 7.93. The van der Waals surface area contributed by atoms with Gasteiger partial charge in [0, 0.05) is 29.8 Å². The molecule has 9 nitrogen and oxygen atoms in total. The van der Waals surface area contributed by atoms with Gasteiger partial charge < -0.3 is 10.4 Å². The van der Waals surface area contributed by atoms with E-state index in [1.165, 1.54) is 25.1 Å². The fraction of sp³-hybridized carbons (Fsp3) is 0.0417. The molecule has 0 aromatic heterocycles. The zero-order chi connectivity index (χ0) is 25.2. The van der Waals surface area contributed by atoms with E-state index >= 15 is 0 Å². The number of nitrogens with one attached hydrogen (secondary N) is 3. The number of carbonyl (C=O) groups is 1. The van der Waals surface area contributed by atoms with Gasteiger partial charge in [-0.15, -0.1) is 0 Å². The van der Waals surface area contributed by atoms with Crippen LogP contribution in [0.5, 0.6) is 5.75 Å². The lowest BCUT2D eigenvalue weighted by Crippen LogP contribution is -2.15. The number of hydrogen-bond donors (Lipinski definition) is 4. The summed E-state index contributed by atoms with van der Waals surface area (Å²) in [5.74, 6) is -0.946. The molecular weight excluding hydrogens is 490 g/mol. The summed E-state index contributed by atoms with van der Waals surface area (Å²) in [5, 5.41) is 13.4. The summed E-state index contributed by atoms with van der Waals surface area (Å²) in [6, 6.07) is 21.1. The standard InChI is InChI=1S/C24H21N3O6S2/c1-16(28)25-22-14-20(34(30,31)26-18-8-4-2-5-9-18)12-17-13-21(15-23(29)24(17)22)35(32,33)27-19-10-6-3-7-11-19/h2-15,26-27,29H,1H3,(H,25,28). The summed E-state index contributed by atoms with van der Waals surface area (Å²) >= 11 is 0. The Labute approximate surface area is 202 Å². The third kappa shape index (κ3) is 5.36. The molecular formula is C24H21N3O6S2. The lowest BCUT2D eigenvalue weighted by molar-refractivity contribution is -0.114. The molecule has 0 atom stereocenters. The maximum atomic E-state index is 13.1. The fourth-order valence-electron chi connectivity index (χ4n) is 3.48. The van der Waals surface area contributed by atoms with Crippen molar-refractivity contribution >= 4 is 53.8 Å². The molecule has 0 saturated heterocycles. The van der Waals surface area contributed by atoms with Crippen LogP contribution >= 0.6 is 0 Å². The van der Waals surface area contributed by atoms with Crippen LogP contribution in [-0.4, -0.2) is 27.8 Å². The van der Waals surface area contributed by atoms with E-state index in [4.69, 9.17) is 0 Å². The normalized spacial score (nSPS) is 11.7. The van der Waals surface area contributed by atoms with Crippen LogP contribution in [0.4, 0.5) is 17.1 Å². The third-order valence-electron chi connectivity index (χ3n) is 4.96. The minimum atomic E-state index is -4.12. The van der Waals surface area contributed by atoms with E-state index in [9.17, 15) is 26.7 Å². The van der Waals surface area contributed by atoms with E-state index in [1.54, 1.807) is 60.7 Å². The van der Waals surface area contributed by atoms with E-state index in [2.05, 4.69) is 14.8 Å². The number of benzene rings is 4. The van der Waals surface area contributed by atoms with Crippen LogP contribution in [-0.2, 0) is 24.8 Å². The number of anilines is 3. The summed E-state index contributed by atoms with van der Waals surface area (Å²) in [7, 11) is -8.24. The predicted molar refractivity (Wildman–Crippen MR) is 134 cm³/mol. The number of amides is 1. The van der Waals surface area contributed by atoms with E-state index in [-0.39, 0.29) is 26.3 Å². The van der Waals surface area contributed by atoms with Crippen molar-refractivity contribution in [2.24, 2.45) is 0 Å². The first-order valence-corrected chi connectivity index (χ1v) is 13.3. The monoisotopic (exact) mass is 511 g/mol. The second kappa shape index (κ2) is 9.28. The van der Waals surface area contributed by atoms with Gasteiger partial charge in [-0.05, 0) is 47.9 Å². The van der Waals surface area contributed by atoms with Crippen LogP contribution in [0, 0.1) is 0 Å². The summed E-state index contributed by atoms with van der Waals surface area (Å²) in [5.41, 5.74) is 0.648. The number of sulfonamides is 2. The SMILES string of the molecule is CC(=O)Nc1cc(S(=O)(=O)Nc2ccccc2)cc2cc(S(=O)(=O)Nc3ccccc3)cc(O)c12. The molecule has 0 fully saturated rings. The molecule has 4 rings (SSSR count). The molecule has 0 saturated carbocycles. The Morgan fingerprint density at radius 3 is 1.63 bits per heavy atom. The van der Waals surface area contributed by atoms with Gasteiger partial charge in [0.15, 0.2) is 0 Å². The average molecular weight is 512 g/mol. The third-order valence-corrected chi connectivity index (χ3v) is 7.68. The van der Waals surface area contributed by atoms with Gasteiger partial charge in [-0.3, -0.25) is 14.2 Å².